The van der Waals surface area contributed by atoms with Gasteiger partial charge in [-0.05, 0) is 49.9 Å². The molecule has 0 aliphatic heterocycles. The molecule has 5 heteroatoms. The number of rotatable bonds is 2. The molecule has 100 valence electrons. The first-order valence-corrected chi connectivity index (χ1v) is 7.22. The molecule has 1 aromatic carbocycles. The monoisotopic (exact) mass is 322 g/mol. The van der Waals surface area contributed by atoms with Crippen LogP contribution in [0.15, 0.2) is 27.2 Å². The van der Waals surface area contributed by atoms with Crippen molar-refractivity contribution < 1.29 is 9.63 Å². The highest BCUT2D eigenvalue weighted by atomic mass is 79.9. The van der Waals surface area contributed by atoms with Crippen molar-refractivity contribution in [3.8, 4) is 11.4 Å². The molecule has 4 nitrogen and oxygen atoms in total. The molecule has 2 atom stereocenters. The predicted octanol–water partition coefficient (Wildman–Crippen LogP) is 3.44. The average Bonchev–Trinajstić information content (AvgIpc) is 2.97. The van der Waals surface area contributed by atoms with Crippen LogP contribution in [0.2, 0.25) is 0 Å². The van der Waals surface area contributed by atoms with Gasteiger partial charge in [-0.25, -0.2) is 0 Å². The Kier molecular flexibility index (Phi) is 3.41. The van der Waals surface area contributed by atoms with Crippen LogP contribution in [-0.2, 0) is 0 Å². The van der Waals surface area contributed by atoms with E-state index in [0.29, 0.717) is 11.7 Å². The first-order chi connectivity index (χ1) is 9.15. The van der Waals surface area contributed by atoms with Crippen LogP contribution in [0.4, 0.5) is 0 Å². The minimum absolute atomic E-state index is 0.00277. The number of aliphatic hydroxyl groups is 1. The van der Waals surface area contributed by atoms with Crippen LogP contribution in [-0.4, -0.2) is 21.4 Å². The van der Waals surface area contributed by atoms with Gasteiger partial charge in [-0.1, -0.05) is 21.1 Å². The molecule has 0 bridgehead atoms. The maximum Gasteiger partial charge on any atom is 0.232 e. The van der Waals surface area contributed by atoms with Crippen molar-refractivity contribution in [3.63, 3.8) is 0 Å². The molecule has 1 aliphatic carbocycles. The van der Waals surface area contributed by atoms with Gasteiger partial charge in [-0.15, -0.1) is 0 Å². The third-order valence-corrected chi connectivity index (χ3v) is 4.16. The lowest BCUT2D eigenvalue weighted by atomic mass is 10.1. The molecule has 1 heterocycles. The molecule has 0 radical (unpaired) electrons. The Labute approximate surface area is 120 Å². The van der Waals surface area contributed by atoms with Gasteiger partial charge in [0.05, 0.1) is 12.0 Å². The molecular weight excluding hydrogens is 308 g/mol. The fourth-order valence-corrected chi connectivity index (χ4v) is 3.08. The molecule has 1 saturated carbocycles. The topological polar surface area (TPSA) is 59.2 Å². The van der Waals surface area contributed by atoms with E-state index in [4.69, 9.17) is 4.52 Å². The van der Waals surface area contributed by atoms with E-state index < -0.39 is 0 Å². The van der Waals surface area contributed by atoms with E-state index in [2.05, 4.69) is 26.1 Å². The zero-order valence-electron chi connectivity index (χ0n) is 10.6. The third-order valence-electron chi connectivity index (χ3n) is 3.67. The maximum atomic E-state index is 9.88. The van der Waals surface area contributed by atoms with E-state index in [1.165, 1.54) is 0 Å². The summed E-state index contributed by atoms with van der Waals surface area (Å²) < 4.78 is 6.36. The van der Waals surface area contributed by atoms with E-state index in [0.717, 1.165) is 34.9 Å². The largest absolute Gasteiger partial charge is 0.392 e. The summed E-state index contributed by atoms with van der Waals surface area (Å²) in [4.78, 5) is 4.45. The van der Waals surface area contributed by atoms with Crippen molar-refractivity contribution in [2.75, 3.05) is 0 Å². The van der Waals surface area contributed by atoms with E-state index in [1.807, 2.05) is 25.1 Å². The van der Waals surface area contributed by atoms with Gasteiger partial charge in [-0.2, -0.15) is 4.98 Å². The summed E-state index contributed by atoms with van der Waals surface area (Å²) in [5, 5.41) is 13.9. The number of aryl methyl sites for hydroxylation is 1. The number of aromatic nitrogens is 2. The molecule has 1 aromatic heterocycles. The van der Waals surface area contributed by atoms with Gasteiger partial charge in [0.1, 0.15) is 0 Å². The van der Waals surface area contributed by atoms with Crippen molar-refractivity contribution in [2.45, 2.75) is 38.2 Å². The normalized spacial score (nSPS) is 22.9. The second kappa shape index (κ2) is 5.06. The van der Waals surface area contributed by atoms with Crippen molar-refractivity contribution in [1.29, 1.82) is 0 Å². The summed E-state index contributed by atoms with van der Waals surface area (Å²) in [6.07, 6.45) is 2.40. The lowest BCUT2D eigenvalue weighted by Crippen LogP contribution is -2.11. The number of aliphatic hydroxyl groups excluding tert-OH is 1. The zero-order chi connectivity index (χ0) is 13.4. The molecule has 19 heavy (non-hydrogen) atoms. The molecule has 1 aliphatic rings. The Hall–Kier alpha value is -1.20. The fourth-order valence-electron chi connectivity index (χ4n) is 2.60. The van der Waals surface area contributed by atoms with Crippen molar-refractivity contribution in [1.82, 2.24) is 10.1 Å². The minimum Gasteiger partial charge on any atom is -0.392 e. The Balaban J connectivity index is 1.92. The molecule has 0 amide bonds. The van der Waals surface area contributed by atoms with Crippen LogP contribution in [0, 0.1) is 6.92 Å². The van der Waals surface area contributed by atoms with Gasteiger partial charge < -0.3 is 9.63 Å². The van der Waals surface area contributed by atoms with Crippen LogP contribution in [0.3, 0.4) is 0 Å². The van der Waals surface area contributed by atoms with E-state index in [9.17, 15) is 5.11 Å². The smallest absolute Gasteiger partial charge is 0.232 e. The van der Waals surface area contributed by atoms with Crippen LogP contribution in [0.25, 0.3) is 11.4 Å². The third kappa shape index (κ3) is 2.44. The fraction of sp³-hybridized carbons (Fsp3) is 0.429. The number of benzene rings is 1. The molecule has 0 saturated heterocycles. The van der Waals surface area contributed by atoms with Crippen molar-refractivity contribution in [3.05, 3.63) is 34.1 Å². The molecule has 0 spiro atoms. The summed E-state index contributed by atoms with van der Waals surface area (Å²) in [5.41, 5.74) is 2.05. The van der Waals surface area contributed by atoms with E-state index in [1.54, 1.807) is 0 Å². The predicted molar refractivity (Wildman–Crippen MR) is 74.8 cm³/mol. The maximum absolute atomic E-state index is 9.88. The van der Waals surface area contributed by atoms with Crippen LogP contribution < -0.4 is 0 Å². The van der Waals surface area contributed by atoms with E-state index in [-0.39, 0.29) is 12.0 Å². The number of hydrogen-bond donors (Lipinski definition) is 1. The summed E-state index contributed by atoms with van der Waals surface area (Å²) in [7, 11) is 0. The second-order valence-electron chi connectivity index (χ2n) is 5.02. The highest BCUT2D eigenvalue weighted by Gasteiger charge is 2.31. The molecule has 2 unspecified atom stereocenters. The summed E-state index contributed by atoms with van der Waals surface area (Å²) in [6.45, 7) is 2.01. The Bertz CT molecular complexity index is 597. The zero-order valence-corrected chi connectivity index (χ0v) is 12.2. The van der Waals surface area contributed by atoms with Gasteiger partial charge in [-0.3, -0.25) is 0 Å². The van der Waals surface area contributed by atoms with Crippen LogP contribution >= 0.6 is 15.9 Å². The Morgan fingerprint density at radius 3 is 2.89 bits per heavy atom. The molecule has 1 fully saturated rings. The number of hydrogen-bond acceptors (Lipinski definition) is 4. The Morgan fingerprint density at radius 1 is 1.37 bits per heavy atom. The summed E-state index contributed by atoms with van der Waals surface area (Å²) >= 11 is 3.44. The molecule has 2 aromatic rings. The summed E-state index contributed by atoms with van der Waals surface area (Å²) in [6, 6.07) is 5.96. The number of nitrogens with zero attached hydrogens (tertiary/aromatic N) is 2. The lowest BCUT2D eigenvalue weighted by molar-refractivity contribution is 0.148. The average molecular weight is 323 g/mol. The standard InChI is InChI=1S/C14H15BrN2O2/c1-8-7-9(15)5-6-10(8)13-16-14(19-17-13)11-3-2-4-12(11)18/h5-7,11-12,18H,2-4H2,1H3. The number of halogens is 1. The van der Waals surface area contributed by atoms with Gasteiger partial charge in [0.2, 0.25) is 11.7 Å². The van der Waals surface area contributed by atoms with Crippen molar-refractivity contribution >= 4 is 15.9 Å². The minimum atomic E-state index is -0.348. The van der Waals surface area contributed by atoms with Crippen molar-refractivity contribution in [2.24, 2.45) is 0 Å². The van der Waals surface area contributed by atoms with Crippen LogP contribution in [0.1, 0.15) is 36.6 Å². The molecule has 3 rings (SSSR count). The second-order valence-corrected chi connectivity index (χ2v) is 5.94. The molecule has 1 N–H and O–H groups in total. The van der Waals surface area contributed by atoms with Gasteiger partial charge in [0.25, 0.3) is 0 Å². The Morgan fingerprint density at radius 2 is 2.21 bits per heavy atom. The molecular formula is C14H15BrN2O2. The quantitative estimate of drug-likeness (QED) is 0.920. The lowest BCUT2D eigenvalue weighted by Gasteiger charge is -2.07. The van der Waals surface area contributed by atoms with Gasteiger partial charge in [0.15, 0.2) is 0 Å². The van der Waals surface area contributed by atoms with Gasteiger partial charge >= 0.3 is 0 Å². The van der Waals surface area contributed by atoms with Crippen LogP contribution in [0.5, 0.6) is 0 Å². The highest BCUT2D eigenvalue weighted by molar-refractivity contribution is 9.10. The first-order valence-electron chi connectivity index (χ1n) is 6.43. The SMILES string of the molecule is Cc1cc(Br)ccc1-c1noc(C2CCCC2O)n1. The van der Waals surface area contributed by atoms with E-state index >= 15 is 0 Å². The first kappa shape index (κ1) is 12.8. The highest BCUT2D eigenvalue weighted by Crippen LogP contribution is 2.34. The summed E-state index contributed by atoms with van der Waals surface area (Å²) in [5.74, 6) is 1.15. The van der Waals surface area contributed by atoms with Gasteiger partial charge in [0, 0.05) is 10.0 Å².